The molecule has 4 nitrogen and oxygen atoms in total. The van der Waals surface area contributed by atoms with Crippen molar-refractivity contribution in [2.75, 3.05) is 17.2 Å². The van der Waals surface area contributed by atoms with Crippen molar-refractivity contribution >= 4 is 29.3 Å². The number of nitrogens with zero attached hydrogens (tertiary/aromatic N) is 1. The summed E-state index contributed by atoms with van der Waals surface area (Å²) in [7, 11) is 0. The molecule has 1 aliphatic rings. The van der Waals surface area contributed by atoms with Crippen molar-refractivity contribution < 1.29 is 14.7 Å². The maximum Gasteiger partial charge on any atom is 0.316 e. The zero-order valence-corrected chi connectivity index (χ0v) is 12.5. The van der Waals surface area contributed by atoms with Crippen LogP contribution < -0.4 is 4.90 Å². The normalized spacial score (nSPS) is 15.2. The molecule has 2 rings (SSSR count). The van der Waals surface area contributed by atoms with Crippen LogP contribution in [0.15, 0.2) is 24.3 Å². The summed E-state index contributed by atoms with van der Waals surface area (Å²) in [4.78, 5) is 25.2. The minimum absolute atomic E-state index is 0.00755. The summed E-state index contributed by atoms with van der Waals surface area (Å²) < 4.78 is 0. The second-order valence-electron chi connectivity index (χ2n) is 5.24. The lowest BCUT2D eigenvalue weighted by molar-refractivity contribution is -0.137. The van der Waals surface area contributed by atoms with Gasteiger partial charge in [0, 0.05) is 12.2 Å². The van der Waals surface area contributed by atoms with Gasteiger partial charge in [-0.15, -0.1) is 11.8 Å². The zero-order chi connectivity index (χ0) is 14.7. The number of aliphatic carboxylic acids is 1. The summed E-state index contributed by atoms with van der Waals surface area (Å²) >= 11 is 1.22. The van der Waals surface area contributed by atoms with Gasteiger partial charge in [-0.1, -0.05) is 32.0 Å². The average Bonchev–Trinajstić information content (AvgIpc) is 2.81. The second kappa shape index (κ2) is 6.31. The van der Waals surface area contributed by atoms with Gasteiger partial charge in [0.1, 0.15) is 5.25 Å². The molecule has 0 fully saturated rings. The monoisotopic (exact) mass is 293 g/mol. The number of carboxylic acid groups (broad SMARTS) is 1. The summed E-state index contributed by atoms with van der Waals surface area (Å²) in [5.74, 6) is -0.633. The number of amides is 1. The Morgan fingerprint density at radius 1 is 1.35 bits per heavy atom. The minimum atomic E-state index is -0.848. The number of carboxylic acids is 1. The number of anilines is 1. The lowest BCUT2D eigenvalue weighted by Crippen LogP contribution is -2.32. The highest BCUT2D eigenvalue weighted by Gasteiger charge is 2.27. The molecule has 5 heteroatoms. The Kier molecular flexibility index (Phi) is 4.70. The predicted molar refractivity (Wildman–Crippen MR) is 81.2 cm³/mol. The van der Waals surface area contributed by atoms with E-state index in [1.807, 2.05) is 38.1 Å². The van der Waals surface area contributed by atoms with Crippen LogP contribution in [0.4, 0.5) is 5.69 Å². The molecule has 1 N–H and O–H groups in total. The van der Waals surface area contributed by atoms with E-state index >= 15 is 0 Å². The highest BCUT2D eigenvalue weighted by atomic mass is 32.2. The van der Waals surface area contributed by atoms with Crippen molar-refractivity contribution in [2.24, 2.45) is 5.92 Å². The van der Waals surface area contributed by atoms with Gasteiger partial charge in [0.25, 0.3) is 0 Å². The Labute approximate surface area is 123 Å². The average molecular weight is 293 g/mol. The third-order valence-corrected chi connectivity index (χ3v) is 4.94. The Morgan fingerprint density at radius 3 is 2.70 bits per heavy atom. The van der Waals surface area contributed by atoms with Crippen molar-refractivity contribution in [1.82, 2.24) is 0 Å². The molecule has 1 aliphatic heterocycles. The number of hydrogen-bond donors (Lipinski definition) is 1. The lowest BCUT2D eigenvalue weighted by Gasteiger charge is -2.20. The van der Waals surface area contributed by atoms with E-state index in [0.29, 0.717) is 6.54 Å². The van der Waals surface area contributed by atoms with Gasteiger partial charge in [0.2, 0.25) is 5.91 Å². The van der Waals surface area contributed by atoms with Gasteiger partial charge in [-0.2, -0.15) is 0 Å². The maximum absolute atomic E-state index is 12.3. The van der Waals surface area contributed by atoms with Crippen molar-refractivity contribution in [3.05, 3.63) is 29.8 Å². The molecule has 1 unspecified atom stereocenters. The third kappa shape index (κ3) is 3.15. The number of carbonyl (C=O) groups excluding carboxylic acids is 1. The van der Waals surface area contributed by atoms with Crippen LogP contribution in [0.5, 0.6) is 0 Å². The zero-order valence-electron chi connectivity index (χ0n) is 11.7. The van der Waals surface area contributed by atoms with E-state index < -0.39 is 11.2 Å². The number of benzene rings is 1. The van der Waals surface area contributed by atoms with Crippen LogP contribution in [0.25, 0.3) is 0 Å². The van der Waals surface area contributed by atoms with E-state index in [1.165, 1.54) is 17.3 Å². The number of carbonyl (C=O) groups is 2. The Bertz CT molecular complexity index is 516. The Morgan fingerprint density at radius 2 is 2.05 bits per heavy atom. The second-order valence-corrected chi connectivity index (χ2v) is 6.37. The van der Waals surface area contributed by atoms with Gasteiger partial charge < -0.3 is 10.0 Å². The molecule has 1 aromatic carbocycles. The lowest BCUT2D eigenvalue weighted by atomic mass is 10.1. The van der Waals surface area contributed by atoms with Crippen LogP contribution in [-0.2, 0) is 16.0 Å². The molecule has 1 heterocycles. The van der Waals surface area contributed by atoms with Crippen LogP contribution in [0, 0.1) is 5.92 Å². The number of thioether (sulfide) groups is 1. The van der Waals surface area contributed by atoms with Crippen LogP contribution >= 0.6 is 11.8 Å². The molecule has 1 atom stereocenters. The molecule has 0 radical (unpaired) electrons. The fraction of sp³-hybridized carbons (Fsp3) is 0.467. The topological polar surface area (TPSA) is 57.6 Å². The van der Waals surface area contributed by atoms with Gasteiger partial charge in [-0.25, -0.2) is 0 Å². The van der Waals surface area contributed by atoms with Gasteiger partial charge in [-0.3, -0.25) is 9.59 Å². The fourth-order valence-electron chi connectivity index (χ4n) is 2.39. The standard InChI is InChI=1S/C15H19NO3S/c1-10(2)14(15(18)19)20-9-13(17)16-8-7-11-5-3-4-6-12(11)16/h3-6,10,14H,7-9H2,1-2H3,(H,18,19). The van der Waals surface area contributed by atoms with Gasteiger partial charge in [0.05, 0.1) is 5.75 Å². The van der Waals surface area contributed by atoms with E-state index in [2.05, 4.69) is 0 Å². The first kappa shape index (κ1) is 14.9. The van der Waals surface area contributed by atoms with E-state index in [9.17, 15) is 9.59 Å². The third-order valence-electron chi connectivity index (χ3n) is 3.42. The predicted octanol–water partition coefficient (Wildman–Crippen LogP) is 2.42. The molecular weight excluding hydrogens is 274 g/mol. The number of fused-ring (bicyclic) bond motifs is 1. The molecule has 0 spiro atoms. The largest absolute Gasteiger partial charge is 0.480 e. The van der Waals surface area contributed by atoms with Crippen molar-refractivity contribution in [3.63, 3.8) is 0 Å². The molecule has 0 saturated heterocycles. The summed E-state index contributed by atoms with van der Waals surface area (Å²) in [5.41, 5.74) is 2.15. The van der Waals surface area contributed by atoms with E-state index in [4.69, 9.17) is 5.11 Å². The first-order valence-corrected chi connectivity index (χ1v) is 7.78. The van der Waals surface area contributed by atoms with Gasteiger partial charge in [-0.05, 0) is 24.0 Å². The number of para-hydroxylation sites is 1. The molecule has 1 amide bonds. The molecule has 0 bridgehead atoms. The van der Waals surface area contributed by atoms with Gasteiger partial charge in [0.15, 0.2) is 0 Å². The van der Waals surface area contributed by atoms with Crippen LogP contribution in [-0.4, -0.2) is 34.5 Å². The highest BCUT2D eigenvalue weighted by Crippen LogP contribution is 2.29. The Balaban J connectivity index is 1.98. The molecule has 0 saturated carbocycles. The van der Waals surface area contributed by atoms with Crippen molar-refractivity contribution in [1.29, 1.82) is 0 Å². The first-order valence-electron chi connectivity index (χ1n) is 6.73. The van der Waals surface area contributed by atoms with Crippen LogP contribution in [0.1, 0.15) is 19.4 Å². The summed E-state index contributed by atoms with van der Waals surface area (Å²) in [6.07, 6.45) is 0.874. The highest BCUT2D eigenvalue weighted by molar-refractivity contribution is 8.01. The van der Waals surface area contributed by atoms with E-state index in [-0.39, 0.29) is 17.6 Å². The molecule has 1 aromatic rings. The molecule has 108 valence electrons. The Hall–Kier alpha value is -1.49. The van der Waals surface area contributed by atoms with Crippen molar-refractivity contribution in [2.45, 2.75) is 25.5 Å². The molecule has 0 aromatic heterocycles. The summed E-state index contributed by atoms with van der Waals surface area (Å²) in [5, 5.41) is 8.60. The molecular formula is C15H19NO3S. The van der Waals surface area contributed by atoms with Crippen LogP contribution in [0.2, 0.25) is 0 Å². The smallest absolute Gasteiger partial charge is 0.316 e. The van der Waals surface area contributed by atoms with E-state index in [0.717, 1.165) is 12.1 Å². The van der Waals surface area contributed by atoms with Crippen LogP contribution in [0.3, 0.4) is 0 Å². The van der Waals surface area contributed by atoms with Crippen molar-refractivity contribution in [3.8, 4) is 0 Å². The first-order chi connectivity index (χ1) is 9.50. The maximum atomic E-state index is 12.3. The minimum Gasteiger partial charge on any atom is -0.480 e. The quantitative estimate of drug-likeness (QED) is 0.906. The van der Waals surface area contributed by atoms with Gasteiger partial charge >= 0.3 is 5.97 Å². The molecule has 20 heavy (non-hydrogen) atoms. The SMILES string of the molecule is CC(C)C(SCC(=O)N1CCc2ccccc21)C(=O)O. The van der Waals surface area contributed by atoms with E-state index in [1.54, 1.807) is 4.90 Å². The number of hydrogen-bond acceptors (Lipinski definition) is 3. The number of rotatable bonds is 5. The summed E-state index contributed by atoms with van der Waals surface area (Å²) in [6.45, 7) is 4.42. The fourth-order valence-corrected chi connectivity index (χ4v) is 3.39. The molecule has 0 aliphatic carbocycles. The summed E-state index contributed by atoms with van der Waals surface area (Å²) in [6, 6.07) is 7.87.